The second kappa shape index (κ2) is 5.39. The first kappa shape index (κ1) is 14.3. The number of hydrogen-bond acceptors (Lipinski definition) is 3. The van der Waals surface area contributed by atoms with E-state index < -0.39 is 0 Å². The Kier molecular flexibility index (Phi) is 3.34. The van der Waals surface area contributed by atoms with E-state index in [0.717, 1.165) is 25.2 Å². The van der Waals surface area contributed by atoms with E-state index in [1.165, 1.54) is 27.7 Å². The first-order valence-electron chi connectivity index (χ1n) is 7.99. The van der Waals surface area contributed by atoms with Crippen molar-refractivity contribution in [2.24, 2.45) is 0 Å². The molecule has 0 bridgehead atoms. The van der Waals surface area contributed by atoms with Gasteiger partial charge in [-0.1, -0.05) is 11.6 Å². The lowest BCUT2D eigenvalue weighted by Gasteiger charge is -2.24. The molecule has 0 atom stereocenters. The molecule has 4 rings (SSSR count). The van der Waals surface area contributed by atoms with Gasteiger partial charge in [0.25, 0.3) is 0 Å². The smallest absolute Gasteiger partial charge is 0.213 e. The summed E-state index contributed by atoms with van der Waals surface area (Å²) in [5, 5.41) is 1.36. The van der Waals surface area contributed by atoms with E-state index in [-0.39, 0.29) is 0 Å². The van der Waals surface area contributed by atoms with Crippen molar-refractivity contribution in [3.63, 3.8) is 0 Å². The Morgan fingerprint density at radius 3 is 2.78 bits per heavy atom. The molecule has 3 aromatic rings. The van der Waals surface area contributed by atoms with Crippen LogP contribution in [0.25, 0.3) is 16.6 Å². The molecule has 23 heavy (non-hydrogen) atoms. The van der Waals surface area contributed by atoms with Crippen LogP contribution in [0.3, 0.4) is 0 Å². The van der Waals surface area contributed by atoms with Gasteiger partial charge in [0.1, 0.15) is 0 Å². The summed E-state index contributed by atoms with van der Waals surface area (Å²) >= 11 is 0. The van der Waals surface area contributed by atoms with Crippen LogP contribution in [0.15, 0.2) is 36.5 Å². The number of nitrogens with zero attached hydrogens (tertiary/aromatic N) is 3. The maximum atomic E-state index is 5.19. The average molecular weight is 307 g/mol. The number of aryl methyl sites for hydroxylation is 1. The SMILES string of the molecule is COc1ccc(-n2c3c(c4cc(C)ccc42)CN(C)CC3)cn1. The molecule has 0 amide bonds. The highest BCUT2D eigenvalue weighted by Crippen LogP contribution is 2.33. The number of aromatic nitrogens is 2. The largest absolute Gasteiger partial charge is 0.481 e. The average Bonchev–Trinajstić information content (AvgIpc) is 2.88. The van der Waals surface area contributed by atoms with Gasteiger partial charge in [0.05, 0.1) is 24.5 Å². The summed E-state index contributed by atoms with van der Waals surface area (Å²) in [4.78, 5) is 6.78. The molecule has 0 spiro atoms. The maximum absolute atomic E-state index is 5.19. The summed E-state index contributed by atoms with van der Waals surface area (Å²) in [7, 11) is 3.84. The summed E-state index contributed by atoms with van der Waals surface area (Å²) in [5.41, 5.74) is 6.54. The highest BCUT2D eigenvalue weighted by atomic mass is 16.5. The van der Waals surface area contributed by atoms with Gasteiger partial charge in [-0.15, -0.1) is 0 Å². The number of rotatable bonds is 2. The van der Waals surface area contributed by atoms with Crippen molar-refractivity contribution in [2.75, 3.05) is 20.7 Å². The zero-order valence-corrected chi connectivity index (χ0v) is 13.8. The minimum Gasteiger partial charge on any atom is -0.481 e. The number of ether oxygens (including phenoxy) is 1. The van der Waals surface area contributed by atoms with Crippen molar-refractivity contribution in [1.29, 1.82) is 0 Å². The molecule has 3 heterocycles. The van der Waals surface area contributed by atoms with Gasteiger partial charge in [-0.25, -0.2) is 4.98 Å². The van der Waals surface area contributed by atoms with Crippen molar-refractivity contribution < 1.29 is 4.74 Å². The Hall–Kier alpha value is -2.33. The Morgan fingerprint density at radius 2 is 2.04 bits per heavy atom. The third-order valence-corrected chi connectivity index (χ3v) is 4.68. The number of fused-ring (bicyclic) bond motifs is 3. The van der Waals surface area contributed by atoms with Gasteiger partial charge in [-0.3, -0.25) is 0 Å². The van der Waals surface area contributed by atoms with Crippen LogP contribution in [-0.4, -0.2) is 35.2 Å². The molecule has 4 heteroatoms. The number of hydrogen-bond donors (Lipinski definition) is 0. The predicted octanol–water partition coefficient (Wildman–Crippen LogP) is 3.33. The Labute approximate surface area is 136 Å². The first-order valence-corrected chi connectivity index (χ1v) is 7.99. The van der Waals surface area contributed by atoms with Gasteiger partial charge in [-0.2, -0.15) is 0 Å². The molecular formula is C19H21N3O. The Balaban J connectivity index is 1.98. The van der Waals surface area contributed by atoms with Crippen LogP contribution in [0.4, 0.5) is 0 Å². The molecule has 118 valence electrons. The fourth-order valence-electron chi connectivity index (χ4n) is 3.53. The molecule has 0 saturated carbocycles. The summed E-state index contributed by atoms with van der Waals surface area (Å²) < 4.78 is 7.55. The van der Waals surface area contributed by atoms with E-state index in [1.54, 1.807) is 7.11 Å². The quantitative estimate of drug-likeness (QED) is 0.727. The van der Waals surface area contributed by atoms with E-state index in [0.29, 0.717) is 5.88 Å². The van der Waals surface area contributed by atoms with Crippen LogP contribution >= 0.6 is 0 Å². The molecule has 0 unspecified atom stereocenters. The molecule has 4 nitrogen and oxygen atoms in total. The van der Waals surface area contributed by atoms with E-state index in [4.69, 9.17) is 4.74 Å². The van der Waals surface area contributed by atoms with Gasteiger partial charge >= 0.3 is 0 Å². The van der Waals surface area contributed by atoms with Crippen molar-refractivity contribution >= 4 is 10.9 Å². The second-order valence-electron chi connectivity index (χ2n) is 6.33. The van der Waals surface area contributed by atoms with Crippen molar-refractivity contribution in [2.45, 2.75) is 19.9 Å². The van der Waals surface area contributed by atoms with Crippen LogP contribution in [0, 0.1) is 6.92 Å². The Bertz CT molecular complexity index is 864. The zero-order chi connectivity index (χ0) is 16.0. The normalized spacial score (nSPS) is 14.9. The molecule has 0 aliphatic carbocycles. The third kappa shape index (κ3) is 2.30. The van der Waals surface area contributed by atoms with Crippen LogP contribution in [0.5, 0.6) is 5.88 Å². The van der Waals surface area contributed by atoms with E-state index in [2.05, 4.69) is 52.7 Å². The minimum absolute atomic E-state index is 0.648. The van der Waals surface area contributed by atoms with Crippen LogP contribution in [0.2, 0.25) is 0 Å². The van der Waals surface area contributed by atoms with Crippen molar-refractivity contribution in [3.8, 4) is 11.6 Å². The number of pyridine rings is 1. The summed E-state index contributed by atoms with van der Waals surface area (Å²) in [6.45, 7) is 4.25. The van der Waals surface area contributed by atoms with Gasteiger partial charge < -0.3 is 14.2 Å². The van der Waals surface area contributed by atoms with Crippen LogP contribution in [-0.2, 0) is 13.0 Å². The van der Waals surface area contributed by atoms with E-state index >= 15 is 0 Å². The lowest BCUT2D eigenvalue weighted by molar-refractivity contribution is 0.311. The monoisotopic (exact) mass is 307 g/mol. The molecule has 0 N–H and O–H groups in total. The fourth-order valence-corrected chi connectivity index (χ4v) is 3.53. The standard InChI is InChI=1S/C19H21N3O/c1-13-4-6-17-15(10-13)16-12-21(2)9-8-18(16)22(17)14-5-7-19(23-3)20-11-14/h4-7,10-11H,8-9,12H2,1-3H3. The van der Waals surface area contributed by atoms with Crippen molar-refractivity contribution in [1.82, 2.24) is 14.5 Å². The summed E-state index contributed by atoms with van der Waals surface area (Å²) in [5.74, 6) is 0.648. The third-order valence-electron chi connectivity index (χ3n) is 4.68. The number of likely N-dealkylation sites (N-methyl/N-ethyl adjacent to an activating group) is 1. The first-order chi connectivity index (χ1) is 11.2. The van der Waals surface area contributed by atoms with E-state index in [9.17, 15) is 0 Å². The molecule has 1 aromatic carbocycles. The van der Waals surface area contributed by atoms with Crippen molar-refractivity contribution in [3.05, 3.63) is 53.3 Å². The van der Waals surface area contributed by atoms with Gasteiger partial charge in [0, 0.05) is 36.7 Å². The highest BCUT2D eigenvalue weighted by Gasteiger charge is 2.23. The van der Waals surface area contributed by atoms with Gasteiger partial charge in [0.15, 0.2) is 0 Å². The maximum Gasteiger partial charge on any atom is 0.213 e. The highest BCUT2D eigenvalue weighted by molar-refractivity contribution is 5.88. The summed E-state index contributed by atoms with van der Waals surface area (Å²) in [6.07, 6.45) is 2.96. The fraction of sp³-hybridized carbons (Fsp3) is 0.316. The topological polar surface area (TPSA) is 30.3 Å². The van der Waals surface area contributed by atoms with Gasteiger partial charge in [0.2, 0.25) is 5.88 Å². The lowest BCUT2D eigenvalue weighted by Crippen LogP contribution is -2.27. The predicted molar refractivity (Wildman–Crippen MR) is 92.4 cm³/mol. The second-order valence-corrected chi connectivity index (χ2v) is 6.33. The lowest BCUT2D eigenvalue weighted by atomic mass is 10.0. The van der Waals surface area contributed by atoms with Crippen LogP contribution in [0.1, 0.15) is 16.8 Å². The molecule has 0 fully saturated rings. The number of methoxy groups -OCH3 is 1. The van der Waals surface area contributed by atoms with Gasteiger partial charge in [-0.05, 0) is 37.7 Å². The van der Waals surface area contributed by atoms with Crippen LogP contribution < -0.4 is 4.74 Å². The Morgan fingerprint density at radius 1 is 1.17 bits per heavy atom. The molecule has 2 aromatic heterocycles. The molecule has 1 aliphatic heterocycles. The molecule has 0 saturated heterocycles. The number of benzene rings is 1. The zero-order valence-electron chi connectivity index (χ0n) is 13.8. The molecular weight excluding hydrogens is 286 g/mol. The molecule has 0 radical (unpaired) electrons. The molecule has 1 aliphatic rings. The van der Waals surface area contributed by atoms with E-state index in [1.807, 2.05) is 12.3 Å². The minimum atomic E-state index is 0.648. The summed E-state index contributed by atoms with van der Waals surface area (Å²) in [6, 6.07) is 10.7.